The number of fused-ring (bicyclic) bond motifs is 1. The van der Waals surface area contributed by atoms with Crippen LogP contribution in [0.2, 0.25) is 0 Å². The molecule has 0 aromatic carbocycles. The molecule has 1 heterocycles. The highest BCUT2D eigenvalue weighted by atomic mass is 16.1. The molecule has 1 fully saturated rings. The van der Waals surface area contributed by atoms with Gasteiger partial charge in [0.1, 0.15) is 5.92 Å². The van der Waals surface area contributed by atoms with E-state index in [1.54, 1.807) is 6.08 Å². The number of hydrogen-bond donors (Lipinski definition) is 0. The van der Waals surface area contributed by atoms with Crippen LogP contribution in [0.5, 0.6) is 0 Å². The van der Waals surface area contributed by atoms with E-state index in [0.29, 0.717) is 0 Å². The first-order valence-corrected chi connectivity index (χ1v) is 5.03. The van der Waals surface area contributed by atoms with Crippen LogP contribution in [-0.4, -0.2) is 11.6 Å². The second kappa shape index (κ2) is 3.75. The van der Waals surface area contributed by atoms with Crippen molar-refractivity contribution >= 4 is 11.6 Å². The number of hydrogen-bond acceptors (Lipinski definition) is 2. The van der Waals surface area contributed by atoms with Gasteiger partial charge in [0.2, 0.25) is 0 Å². The van der Waals surface area contributed by atoms with Crippen LogP contribution in [-0.2, 0) is 4.79 Å². The molecule has 3 heteroatoms. The molecule has 1 unspecified atom stereocenters. The van der Waals surface area contributed by atoms with E-state index in [2.05, 4.69) is 4.99 Å². The fourth-order valence-corrected chi connectivity index (χ4v) is 1.96. The van der Waals surface area contributed by atoms with Crippen LogP contribution in [0.1, 0.15) is 32.1 Å². The quantitative estimate of drug-likeness (QED) is 0.583. The van der Waals surface area contributed by atoms with Crippen LogP contribution < -0.4 is 0 Å². The van der Waals surface area contributed by atoms with Crippen molar-refractivity contribution in [1.82, 2.24) is 0 Å². The van der Waals surface area contributed by atoms with Crippen LogP contribution in [0, 0.1) is 17.2 Å². The van der Waals surface area contributed by atoms with Gasteiger partial charge >= 0.3 is 0 Å². The maximum atomic E-state index is 11.3. The van der Waals surface area contributed by atoms with Crippen molar-refractivity contribution in [1.29, 1.82) is 5.26 Å². The molecule has 0 aromatic heterocycles. The first-order valence-electron chi connectivity index (χ1n) is 5.03. The second-order valence-corrected chi connectivity index (χ2v) is 3.76. The SMILES string of the molecule is N#CC1C=C2CCCCCC2=NC1=O. The van der Waals surface area contributed by atoms with Gasteiger partial charge in [-0.25, -0.2) is 4.99 Å². The Bertz CT molecular complexity index is 360. The molecule has 1 atom stereocenters. The van der Waals surface area contributed by atoms with Crippen LogP contribution in [0.4, 0.5) is 0 Å². The van der Waals surface area contributed by atoms with Crippen molar-refractivity contribution in [2.75, 3.05) is 0 Å². The Hall–Kier alpha value is -1.43. The fraction of sp³-hybridized carbons (Fsp3) is 0.545. The number of aliphatic imine (C=N–C) groups is 1. The summed E-state index contributed by atoms with van der Waals surface area (Å²) >= 11 is 0. The summed E-state index contributed by atoms with van der Waals surface area (Å²) in [4.78, 5) is 15.3. The topological polar surface area (TPSA) is 53.2 Å². The minimum atomic E-state index is -0.633. The second-order valence-electron chi connectivity index (χ2n) is 3.76. The molecule has 1 aliphatic carbocycles. The van der Waals surface area contributed by atoms with E-state index >= 15 is 0 Å². The number of rotatable bonds is 0. The summed E-state index contributed by atoms with van der Waals surface area (Å²) in [6, 6.07) is 1.97. The lowest BCUT2D eigenvalue weighted by atomic mass is 9.96. The molecule has 1 amide bonds. The van der Waals surface area contributed by atoms with E-state index in [1.807, 2.05) is 6.07 Å². The van der Waals surface area contributed by atoms with Crippen LogP contribution in [0.15, 0.2) is 16.6 Å². The van der Waals surface area contributed by atoms with Gasteiger partial charge in [0.25, 0.3) is 5.91 Å². The fourth-order valence-electron chi connectivity index (χ4n) is 1.96. The highest BCUT2D eigenvalue weighted by molar-refractivity contribution is 6.10. The molecule has 0 N–H and O–H groups in total. The predicted octanol–water partition coefficient (Wildman–Crippen LogP) is 2.00. The van der Waals surface area contributed by atoms with Crippen LogP contribution >= 0.6 is 0 Å². The van der Waals surface area contributed by atoms with Crippen molar-refractivity contribution in [3.8, 4) is 6.07 Å². The number of nitriles is 1. The van der Waals surface area contributed by atoms with Gasteiger partial charge in [-0.2, -0.15) is 5.26 Å². The summed E-state index contributed by atoms with van der Waals surface area (Å²) in [6.45, 7) is 0. The summed E-state index contributed by atoms with van der Waals surface area (Å²) < 4.78 is 0. The van der Waals surface area contributed by atoms with E-state index in [0.717, 1.165) is 37.0 Å². The van der Waals surface area contributed by atoms with Crippen molar-refractivity contribution < 1.29 is 4.79 Å². The largest absolute Gasteiger partial charge is 0.271 e. The van der Waals surface area contributed by atoms with Gasteiger partial charge in [-0.3, -0.25) is 4.79 Å². The van der Waals surface area contributed by atoms with Gasteiger partial charge in [-0.15, -0.1) is 0 Å². The van der Waals surface area contributed by atoms with Crippen molar-refractivity contribution in [2.45, 2.75) is 32.1 Å². The highest BCUT2D eigenvalue weighted by Gasteiger charge is 2.24. The third-order valence-corrected chi connectivity index (χ3v) is 2.75. The third kappa shape index (κ3) is 1.60. The molecule has 2 rings (SSSR count). The maximum absolute atomic E-state index is 11.3. The minimum Gasteiger partial charge on any atom is -0.271 e. The molecule has 0 saturated heterocycles. The molecule has 0 radical (unpaired) electrons. The van der Waals surface area contributed by atoms with E-state index < -0.39 is 5.92 Å². The maximum Gasteiger partial charge on any atom is 0.267 e. The number of amides is 1. The summed E-state index contributed by atoms with van der Waals surface area (Å²) in [6.07, 6.45) is 7.13. The Morgan fingerprint density at radius 2 is 2.14 bits per heavy atom. The van der Waals surface area contributed by atoms with Crippen LogP contribution in [0.3, 0.4) is 0 Å². The molecule has 3 nitrogen and oxygen atoms in total. The molecule has 0 aromatic rings. The Morgan fingerprint density at radius 3 is 2.93 bits per heavy atom. The molecule has 2 aliphatic rings. The first-order chi connectivity index (χ1) is 6.81. The van der Waals surface area contributed by atoms with Gasteiger partial charge in [0.15, 0.2) is 0 Å². The number of nitrogens with zero attached hydrogens (tertiary/aromatic N) is 2. The normalized spacial score (nSPS) is 26.8. The van der Waals surface area contributed by atoms with E-state index in [4.69, 9.17) is 5.26 Å². The standard InChI is InChI=1S/C11H12N2O/c12-7-9-6-8-4-2-1-3-5-10(8)13-11(9)14/h6,9H,1-5H2. The van der Waals surface area contributed by atoms with Crippen molar-refractivity contribution in [2.24, 2.45) is 10.9 Å². The number of allylic oxidation sites excluding steroid dienone is 1. The molecule has 0 bridgehead atoms. The first kappa shape index (κ1) is 9.14. The van der Waals surface area contributed by atoms with Crippen molar-refractivity contribution in [3.05, 3.63) is 11.6 Å². The zero-order chi connectivity index (χ0) is 9.97. The molecule has 72 valence electrons. The monoisotopic (exact) mass is 188 g/mol. The molecule has 1 saturated carbocycles. The highest BCUT2D eigenvalue weighted by Crippen LogP contribution is 2.25. The third-order valence-electron chi connectivity index (χ3n) is 2.75. The Labute approximate surface area is 83.1 Å². The minimum absolute atomic E-state index is 0.284. The molecule has 1 aliphatic heterocycles. The zero-order valence-corrected chi connectivity index (χ0v) is 7.99. The smallest absolute Gasteiger partial charge is 0.267 e. The van der Waals surface area contributed by atoms with Gasteiger partial charge in [-0.1, -0.05) is 12.5 Å². The van der Waals surface area contributed by atoms with Gasteiger partial charge < -0.3 is 0 Å². The molecule has 14 heavy (non-hydrogen) atoms. The summed E-state index contributed by atoms with van der Waals surface area (Å²) in [5.74, 6) is -0.917. The number of carbonyl (C=O) groups is 1. The molecular weight excluding hydrogens is 176 g/mol. The molecule has 0 spiro atoms. The summed E-state index contributed by atoms with van der Waals surface area (Å²) in [5.41, 5.74) is 2.06. The Balaban J connectivity index is 2.30. The van der Waals surface area contributed by atoms with Crippen molar-refractivity contribution in [3.63, 3.8) is 0 Å². The molecular formula is C11H12N2O. The Morgan fingerprint density at radius 1 is 1.36 bits per heavy atom. The number of carbonyl (C=O) groups excluding carboxylic acids is 1. The lowest BCUT2D eigenvalue weighted by Gasteiger charge is -2.13. The van der Waals surface area contributed by atoms with Gasteiger partial charge in [-0.05, 0) is 31.3 Å². The predicted molar refractivity (Wildman–Crippen MR) is 52.7 cm³/mol. The van der Waals surface area contributed by atoms with Gasteiger partial charge in [0.05, 0.1) is 6.07 Å². The van der Waals surface area contributed by atoms with Crippen LogP contribution in [0.25, 0.3) is 0 Å². The zero-order valence-electron chi connectivity index (χ0n) is 7.99. The summed E-state index contributed by atoms with van der Waals surface area (Å²) in [5, 5.41) is 8.74. The Kier molecular flexibility index (Phi) is 2.45. The van der Waals surface area contributed by atoms with Gasteiger partial charge in [0, 0.05) is 5.71 Å². The van der Waals surface area contributed by atoms with E-state index in [1.165, 1.54) is 6.42 Å². The van der Waals surface area contributed by atoms with E-state index in [9.17, 15) is 4.79 Å². The van der Waals surface area contributed by atoms with E-state index in [-0.39, 0.29) is 5.91 Å². The average Bonchev–Trinajstić information content (AvgIpc) is 2.41. The summed E-state index contributed by atoms with van der Waals surface area (Å²) in [7, 11) is 0. The lowest BCUT2D eigenvalue weighted by Crippen LogP contribution is -2.18. The number of dihydropyridines is 1. The average molecular weight is 188 g/mol. The lowest BCUT2D eigenvalue weighted by molar-refractivity contribution is -0.119.